The molecule has 0 saturated carbocycles. The van der Waals surface area contributed by atoms with Gasteiger partial charge in [-0.3, -0.25) is 0 Å². The largest absolute Gasteiger partial charge is 0.248 e. The first-order chi connectivity index (χ1) is 13.9. The summed E-state index contributed by atoms with van der Waals surface area (Å²) < 4.78 is 0. The van der Waals surface area contributed by atoms with Crippen LogP contribution < -0.4 is 0 Å². The lowest BCUT2D eigenvalue weighted by Gasteiger charge is -2.12. The van der Waals surface area contributed by atoms with Gasteiger partial charge in [0.25, 0.3) is 0 Å². The predicted octanol–water partition coefficient (Wildman–Crippen LogP) is 7.24. The summed E-state index contributed by atoms with van der Waals surface area (Å²) in [6.07, 6.45) is 0. The third-order valence-corrected chi connectivity index (χ3v) is 5.07. The van der Waals surface area contributed by atoms with Gasteiger partial charge in [0.2, 0.25) is 0 Å². The number of benzene rings is 4. The van der Waals surface area contributed by atoms with E-state index in [1.54, 1.807) is 0 Å². The van der Waals surface area contributed by atoms with E-state index < -0.39 is 0 Å². The van der Waals surface area contributed by atoms with Crippen LogP contribution in [-0.4, -0.2) is 4.98 Å². The Labute approximate surface area is 165 Å². The number of aromatic nitrogens is 1. The van der Waals surface area contributed by atoms with E-state index in [1.807, 2.05) is 12.1 Å². The van der Waals surface area contributed by atoms with E-state index in [1.165, 1.54) is 21.9 Å². The monoisotopic (exact) mass is 357 g/mol. The highest BCUT2D eigenvalue weighted by atomic mass is 14.7. The molecule has 1 nitrogen and oxygen atoms in total. The average Bonchev–Trinajstić information content (AvgIpc) is 2.79. The third-order valence-electron chi connectivity index (χ3n) is 5.07. The topological polar surface area (TPSA) is 12.9 Å². The van der Waals surface area contributed by atoms with Crippen molar-refractivity contribution in [2.75, 3.05) is 0 Å². The molecular formula is C27H19N. The Kier molecular flexibility index (Phi) is 4.19. The molecule has 0 atom stereocenters. The van der Waals surface area contributed by atoms with Crippen LogP contribution in [0.3, 0.4) is 0 Å². The Morgan fingerprint density at radius 3 is 1.61 bits per heavy atom. The van der Waals surface area contributed by atoms with Gasteiger partial charge in [0.05, 0.1) is 11.4 Å². The van der Waals surface area contributed by atoms with Crippen LogP contribution in [0.15, 0.2) is 115 Å². The fourth-order valence-corrected chi connectivity index (χ4v) is 3.68. The molecule has 0 aliphatic heterocycles. The van der Waals surface area contributed by atoms with Gasteiger partial charge >= 0.3 is 0 Å². The molecule has 0 unspecified atom stereocenters. The summed E-state index contributed by atoms with van der Waals surface area (Å²) >= 11 is 0. The predicted molar refractivity (Wildman–Crippen MR) is 118 cm³/mol. The summed E-state index contributed by atoms with van der Waals surface area (Å²) in [5.74, 6) is 0. The normalized spacial score (nSPS) is 10.9. The van der Waals surface area contributed by atoms with Crippen molar-refractivity contribution in [3.8, 4) is 33.6 Å². The van der Waals surface area contributed by atoms with Gasteiger partial charge in [-0.15, -0.1) is 0 Å². The first-order valence-corrected chi connectivity index (χ1v) is 9.49. The van der Waals surface area contributed by atoms with E-state index >= 15 is 0 Å². The van der Waals surface area contributed by atoms with Gasteiger partial charge in [-0.05, 0) is 34.0 Å². The van der Waals surface area contributed by atoms with Crippen LogP contribution in [-0.2, 0) is 0 Å². The molecule has 1 heteroatoms. The first-order valence-electron chi connectivity index (χ1n) is 9.49. The molecule has 0 saturated heterocycles. The zero-order valence-corrected chi connectivity index (χ0v) is 15.4. The lowest BCUT2D eigenvalue weighted by atomic mass is 9.96. The summed E-state index contributed by atoms with van der Waals surface area (Å²) in [4.78, 5) is 4.98. The molecule has 28 heavy (non-hydrogen) atoms. The van der Waals surface area contributed by atoms with Crippen LogP contribution in [0.4, 0.5) is 0 Å². The molecule has 5 rings (SSSR count). The fourth-order valence-electron chi connectivity index (χ4n) is 3.68. The van der Waals surface area contributed by atoms with Gasteiger partial charge in [0.15, 0.2) is 0 Å². The van der Waals surface area contributed by atoms with Gasteiger partial charge in [-0.1, -0.05) is 103 Å². The summed E-state index contributed by atoms with van der Waals surface area (Å²) in [5.41, 5.74) is 6.65. The maximum absolute atomic E-state index is 4.98. The Hall–Kier alpha value is -3.71. The SMILES string of the molecule is c1ccc(-c2cc(-c3cccc4ccccc34)cc(-c3ccccc3)n2)cc1. The molecule has 1 aromatic heterocycles. The van der Waals surface area contributed by atoms with E-state index in [9.17, 15) is 0 Å². The Morgan fingerprint density at radius 2 is 0.964 bits per heavy atom. The van der Waals surface area contributed by atoms with Crippen LogP contribution in [0.2, 0.25) is 0 Å². The quantitative estimate of drug-likeness (QED) is 0.332. The number of pyridine rings is 1. The van der Waals surface area contributed by atoms with Gasteiger partial charge in [0.1, 0.15) is 0 Å². The van der Waals surface area contributed by atoms with Crippen molar-refractivity contribution < 1.29 is 0 Å². The standard InChI is InChI=1S/C27H19N/c1-3-11-21(12-4-1)26-18-23(19-27(28-26)22-13-5-2-6-14-22)25-17-9-15-20-10-7-8-16-24(20)25/h1-19H. The molecule has 0 spiro atoms. The zero-order chi connectivity index (χ0) is 18.8. The van der Waals surface area contributed by atoms with Gasteiger partial charge < -0.3 is 0 Å². The second-order valence-electron chi connectivity index (χ2n) is 6.89. The molecule has 0 radical (unpaired) electrons. The van der Waals surface area contributed by atoms with Gasteiger partial charge in [0, 0.05) is 11.1 Å². The number of rotatable bonds is 3. The number of hydrogen-bond acceptors (Lipinski definition) is 1. The molecule has 1 heterocycles. The molecule has 0 bridgehead atoms. The van der Waals surface area contributed by atoms with Gasteiger partial charge in [-0.2, -0.15) is 0 Å². The van der Waals surface area contributed by atoms with E-state index in [0.717, 1.165) is 22.5 Å². The lowest BCUT2D eigenvalue weighted by Crippen LogP contribution is -1.91. The molecule has 0 fully saturated rings. The second-order valence-corrected chi connectivity index (χ2v) is 6.89. The number of nitrogens with zero attached hydrogens (tertiary/aromatic N) is 1. The Bertz CT molecular complexity index is 1180. The van der Waals surface area contributed by atoms with E-state index in [2.05, 4.69) is 103 Å². The maximum Gasteiger partial charge on any atom is 0.0715 e. The van der Waals surface area contributed by atoms with Crippen LogP contribution in [0.5, 0.6) is 0 Å². The van der Waals surface area contributed by atoms with Crippen molar-refractivity contribution >= 4 is 10.8 Å². The maximum atomic E-state index is 4.98. The summed E-state index contributed by atoms with van der Waals surface area (Å²) in [7, 11) is 0. The Balaban J connectivity index is 1.78. The van der Waals surface area contributed by atoms with Crippen LogP contribution in [0.1, 0.15) is 0 Å². The minimum atomic E-state index is 0.991. The molecule has 132 valence electrons. The first kappa shape index (κ1) is 16.5. The minimum absolute atomic E-state index is 0.991. The fraction of sp³-hybridized carbons (Fsp3) is 0. The Morgan fingerprint density at radius 1 is 0.429 bits per heavy atom. The molecule has 0 N–H and O–H groups in total. The number of fused-ring (bicyclic) bond motifs is 1. The molecule has 5 aromatic rings. The van der Waals surface area contributed by atoms with Gasteiger partial charge in [-0.25, -0.2) is 4.98 Å². The van der Waals surface area contributed by atoms with E-state index in [0.29, 0.717) is 0 Å². The van der Waals surface area contributed by atoms with Crippen molar-refractivity contribution in [2.24, 2.45) is 0 Å². The molecule has 4 aromatic carbocycles. The van der Waals surface area contributed by atoms with Crippen LogP contribution in [0.25, 0.3) is 44.4 Å². The molecule has 0 amide bonds. The third kappa shape index (κ3) is 3.08. The highest BCUT2D eigenvalue weighted by Gasteiger charge is 2.10. The zero-order valence-electron chi connectivity index (χ0n) is 15.4. The highest BCUT2D eigenvalue weighted by Crippen LogP contribution is 2.33. The molecule has 0 aliphatic carbocycles. The van der Waals surface area contributed by atoms with E-state index in [-0.39, 0.29) is 0 Å². The van der Waals surface area contributed by atoms with Crippen molar-refractivity contribution in [1.82, 2.24) is 4.98 Å². The van der Waals surface area contributed by atoms with Crippen molar-refractivity contribution in [3.63, 3.8) is 0 Å². The average molecular weight is 357 g/mol. The second kappa shape index (κ2) is 7.13. The number of hydrogen-bond donors (Lipinski definition) is 0. The smallest absolute Gasteiger partial charge is 0.0715 e. The van der Waals surface area contributed by atoms with Crippen molar-refractivity contribution in [3.05, 3.63) is 115 Å². The molecule has 0 aliphatic rings. The summed E-state index contributed by atoms with van der Waals surface area (Å²) in [6, 6.07) is 40.2. The summed E-state index contributed by atoms with van der Waals surface area (Å²) in [5, 5.41) is 2.51. The van der Waals surface area contributed by atoms with Crippen molar-refractivity contribution in [1.29, 1.82) is 0 Å². The van der Waals surface area contributed by atoms with Crippen molar-refractivity contribution in [2.45, 2.75) is 0 Å². The van der Waals surface area contributed by atoms with Crippen LogP contribution in [0, 0.1) is 0 Å². The molecular weight excluding hydrogens is 338 g/mol. The van der Waals surface area contributed by atoms with Crippen LogP contribution >= 0.6 is 0 Å². The summed E-state index contributed by atoms with van der Waals surface area (Å²) in [6.45, 7) is 0. The lowest BCUT2D eigenvalue weighted by molar-refractivity contribution is 1.32. The minimum Gasteiger partial charge on any atom is -0.248 e. The highest BCUT2D eigenvalue weighted by molar-refractivity contribution is 5.97. The van der Waals surface area contributed by atoms with E-state index in [4.69, 9.17) is 4.98 Å².